The van der Waals surface area contributed by atoms with E-state index in [9.17, 15) is 9.59 Å². The van der Waals surface area contributed by atoms with Crippen molar-refractivity contribution in [3.63, 3.8) is 0 Å². The minimum absolute atomic E-state index is 0.0155. The van der Waals surface area contributed by atoms with E-state index in [0.29, 0.717) is 0 Å². The molecule has 21 heavy (non-hydrogen) atoms. The molecule has 0 fully saturated rings. The fourth-order valence-electron chi connectivity index (χ4n) is 2.59. The van der Waals surface area contributed by atoms with E-state index in [1.165, 1.54) is 5.56 Å². The second kappa shape index (κ2) is 6.74. The van der Waals surface area contributed by atoms with Crippen molar-refractivity contribution in [2.45, 2.75) is 53.5 Å². The molecule has 1 unspecified atom stereocenters. The number of amides is 1. The summed E-state index contributed by atoms with van der Waals surface area (Å²) < 4.78 is 0. The molecule has 0 saturated carbocycles. The van der Waals surface area contributed by atoms with Crippen LogP contribution in [0.5, 0.6) is 0 Å². The molecule has 0 aliphatic rings. The maximum absolute atomic E-state index is 12.1. The lowest BCUT2D eigenvalue weighted by Gasteiger charge is -2.24. The number of carboxylic acid groups (broad SMARTS) is 1. The van der Waals surface area contributed by atoms with E-state index >= 15 is 0 Å². The van der Waals surface area contributed by atoms with Crippen LogP contribution in [0.15, 0.2) is 18.2 Å². The fourth-order valence-corrected chi connectivity index (χ4v) is 2.59. The van der Waals surface area contributed by atoms with Crippen molar-refractivity contribution in [2.24, 2.45) is 5.41 Å². The molecule has 1 rings (SSSR count). The quantitative estimate of drug-likeness (QED) is 0.844. The third-order valence-corrected chi connectivity index (χ3v) is 3.54. The number of rotatable bonds is 6. The first-order valence-electron chi connectivity index (χ1n) is 7.19. The summed E-state index contributed by atoms with van der Waals surface area (Å²) in [6.45, 7) is 9.60. The van der Waals surface area contributed by atoms with Crippen molar-refractivity contribution < 1.29 is 14.7 Å². The molecule has 0 bridgehead atoms. The lowest BCUT2D eigenvalue weighted by molar-refractivity contribution is -0.139. The molecule has 0 aliphatic heterocycles. The summed E-state index contributed by atoms with van der Waals surface area (Å²) in [6.07, 6.45) is 0.187. The van der Waals surface area contributed by atoms with Crippen LogP contribution >= 0.6 is 0 Å². The van der Waals surface area contributed by atoms with E-state index in [-0.39, 0.29) is 24.8 Å². The number of benzene rings is 1. The zero-order valence-electron chi connectivity index (χ0n) is 13.5. The van der Waals surface area contributed by atoms with Gasteiger partial charge in [0, 0.05) is 6.42 Å². The molecule has 0 radical (unpaired) electrons. The van der Waals surface area contributed by atoms with Gasteiger partial charge in [-0.1, -0.05) is 37.6 Å². The molecule has 0 aromatic heterocycles. The molecule has 4 nitrogen and oxygen atoms in total. The van der Waals surface area contributed by atoms with Crippen LogP contribution in [0.4, 0.5) is 0 Å². The number of carboxylic acids is 1. The van der Waals surface area contributed by atoms with Crippen LogP contribution in [0.2, 0.25) is 0 Å². The van der Waals surface area contributed by atoms with Gasteiger partial charge in [0.25, 0.3) is 0 Å². The maximum Gasteiger partial charge on any atom is 0.303 e. The van der Waals surface area contributed by atoms with Crippen molar-refractivity contribution in [1.29, 1.82) is 0 Å². The van der Waals surface area contributed by atoms with Gasteiger partial charge < -0.3 is 10.4 Å². The molecule has 1 aromatic carbocycles. The third kappa shape index (κ3) is 5.58. The van der Waals surface area contributed by atoms with Gasteiger partial charge in [-0.3, -0.25) is 9.59 Å². The predicted molar refractivity (Wildman–Crippen MR) is 83.1 cm³/mol. The molecular formula is C17H25NO3. The number of carbonyl (C=O) groups excluding carboxylic acids is 1. The summed E-state index contributed by atoms with van der Waals surface area (Å²) in [5.74, 6) is -0.996. The Morgan fingerprint density at radius 1 is 1.24 bits per heavy atom. The normalized spacial score (nSPS) is 12.8. The van der Waals surface area contributed by atoms with E-state index in [2.05, 4.69) is 11.4 Å². The summed E-state index contributed by atoms with van der Waals surface area (Å²) in [7, 11) is 0. The van der Waals surface area contributed by atoms with Crippen LogP contribution in [-0.2, 0) is 9.59 Å². The molecule has 0 spiro atoms. The molecule has 1 atom stereocenters. The van der Waals surface area contributed by atoms with Crippen LogP contribution < -0.4 is 5.32 Å². The van der Waals surface area contributed by atoms with Gasteiger partial charge in [0.05, 0.1) is 12.5 Å². The van der Waals surface area contributed by atoms with Crippen LogP contribution in [0, 0.1) is 19.3 Å². The first-order chi connectivity index (χ1) is 9.60. The molecule has 0 aliphatic carbocycles. The van der Waals surface area contributed by atoms with Crippen LogP contribution in [-0.4, -0.2) is 17.0 Å². The van der Waals surface area contributed by atoms with Crippen LogP contribution in [0.1, 0.15) is 56.3 Å². The number of aliphatic carboxylic acids is 1. The number of carbonyl (C=O) groups is 2. The fraction of sp³-hybridized carbons (Fsp3) is 0.529. The smallest absolute Gasteiger partial charge is 0.303 e. The molecule has 4 heteroatoms. The average Bonchev–Trinajstić information content (AvgIpc) is 2.24. The summed E-state index contributed by atoms with van der Waals surface area (Å²) in [4.78, 5) is 22.9. The van der Waals surface area contributed by atoms with E-state index < -0.39 is 11.4 Å². The van der Waals surface area contributed by atoms with Gasteiger partial charge in [0.1, 0.15) is 0 Å². The minimum Gasteiger partial charge on any atom is -0.481 e. The number of aryl methyl sites for hydroxylation is 2. The Balaban J connectivity index is 2.68. The van der Waals surface area contributed by atoms with Crippen LogP contribution in [0.25, 0.3) is 0 Å². The molecule has 2 N–H and O–H groups in total. The maximum atomic E-state index is 12.1. The number of hydrogen-bond donors (Lipinski definition) is 2. The van der Waals surface area contributed by atoms with Gasteiger partial charge in [-0.2, -0.15) is 0 Å². The van der Waals surface area contributed by atoms with Gasteiger partial charge in [0.2, 0.25) is 5.91 Å². The topological polar surface area (TPSA) is 66.4 Å². The Bertz CT molecular complexity index is 535. The summed E-state index contributed by atoms with van der Waals surface area (Å²) in [5.41, 5.74) is 2.88. The van der Waals surface area contributed by atoms with Gasteiger partial charge in [0.15, 0.2) is 0 Å². The van der Waals surface area contributed by atoms with Crippen molar-refractivity contribution in [3.05, 3.63) is 34.9 Å². The Hall–Kier alpha value is -1.84. The zero-order chi connectivity index (χ0) is 16.2. The Labute approximate surface area is 126 Å². The second-order valence-electron chi connectivity index (χ2n) is 6.56. The van der Waals surface area contributed by atoms with E-state index in [4.69, 9.17) is 5.11 Å². The summed E-state index contributed by atoms with van der Waals surface area (Å²) in [5, 5.41) is 11.8. The van der Waals surface area contributed by atoms with E-state index in [1.807, 2.05) is 32.9 Å². The summed E-state index contributed by atoms with van der Waals surface area (Å²) in [6, 6.07) is 6.06. The van der Waals surface area contributed by atoms with Crippen molar-refractivity contribution in [3.8, 4) is 0 Å². The number of nitrogens with one attached hydrogen (secondary N) is 1. The highest BCUT2D eigenvalue weighted by molar-refractivity contribution is 5.78. The second-order valence-corrected chi connectivity index (χ2v) is 6.56. The first-order valence-corrected chi connectivity index (χ1v) is 7.19. The van der Waals surface area contributed by atoms with Crippen molar-refractivity contribution in [2.75, 3.05) is 0 Å². The summed E-state index contributed by atoms with van der Waals surface area (Å²) >= 11 is 0. The third-order valence-electron chi connectivity index (χ3n) is 3.54. The highest BCUT2D eigenvalue weighted by atomic mass is 16.4. The van der Waals surface area contributed by atoms with Crippen LogP contribution in [0.3, 0.4) is 0 Å². The van der Waals surface area contributed by atoms with Gasteiger partial charge >= 0.3 is 5.97 Å². The van der Waals surface area contributed by atoms with E-state index in [0.717, 1.165) is 11.1 Å². The molecule has 116 valence electrons. The van der Waals surface area contributed by atoms with Gasteiger partial charge in [-0.15, -0.1) is 0 Å². The monoisotopic (exact) mass is 291 g/mol. The Kier molecular flexibility index (Phi) is 5.53. The lowest BCUT2D eigenvalue weighted by atomic mass is 9.85. The van der Waals surface area contributed by atoms with Gasteiger partial charge in [-0.25, -0.2) is 0 Å². The minimum atomic E-state index is -0.879. The average molecular weight is 291 g/mol. The zero-order valence-corrected chi connectivity index (χ0v) is 13.5. The molecule has 1 amide bonds. The SMILES string of the molecule is Cc1ccc(C(C)NC(=O)CC(C)(C)CC(=O)O)c(C)c1. The predicted octanol–water partition coefficient (Wildman–Crippen LogP) is 3.37. The number of hydrogen-bond acceptors (Lipinski definition) is 2. The van der Waals surface area contributed by atoms with Gasteiger partial charge in [-0.05, 0) is 37.3 Å². The largest absolute Gasteiger partial charge is 0.481 e. The van der Waals surface area contributed by atoms with Crippen molar-refractivity contribution >= 4 is 11.9 Å². The molecular weight excluding hydrogens is 266 g/mol. The molecule has 0 saturated heterocycles. The standard InChI is InChI=1S/C17H25NO3/c1-11-6-7-14(12(2)8-11)13(3)18-15(19)9-17(4,5)10-16(20)21/h6-8,13H,9-10H2,1-5H3,(H,18,19)(H,20,21). The first kappa shape index (κ1) is 17.2. The highest BCUT2D eigenvalue weighted by Crippen LogP contribution is 2.26. The highest BCUT2D eigenvalue weighted by Gasteiger charge is 2.26. The molecule has 1 aromatic rings. The van der Waals surface area contributed by atoms with E-state index in [1.54, 1.807) is 13.8 Å². The molecule has 0 heterocycles. The van der Waals surface area contributed by atoms with Crippen molar-refractivity contribution in [1.82, 2.24) is 5.32 Å². The Morgan fingerprint density at radius 3 is 2.38 bits per heavy atom. The lowest BCUT2D eigenvalue weighted by Crippen LogP contribution is -2.32. The Morgan fingerprint density at radius 2 is 1.86 bits per heavy atom.